The second-order valence-electron chi connectivity index (χ2n) is 5.17. The van der Waals surface area contributed by atoms with E-state index in [2.05, 4.69) is 36.2 Å². The van der Waals surface area contributed by atoms with Crippen LogP contribution in [0.4, 0.5) is 0 Å². The molecule has 3 nitrogen and oxygen atoms in total. The van der Waals surface area contributed by atoms with Gasteiger partial charge in [-0.25, -0.2) is 4.98 Å². The fourth-order valence-electron chi connectivity index (χ4n) is 2.09. The van der Waals surface area contributed by atoms with Gasteiger partial charge in [0.25, 0.3) is 5.91 Å². The molecule has 0 saturated carbocycles. The molecular formula is C17H20N2O. The molecule has 0 bridgehead atoms. The van der Waals surface area contributed by atoms with Crippen molar-refractivity contribution in [2.24, 2.45) is 0 Å². The molecule has 0 spiro atoms. The van der Waals surface area contributed by atoms with Gasteiger partial charge in [-0.05, 0) is 38.5 Å². The smallest absolute Gasteiger partial charge is 0.272 e. The first-order valence-electron chi connectivity index (χ1n) is 6.76. The number of carbonyl (C=O) groups is 1. The number of pyridine rings is 1. The zero-order chi connectivity index (χ0) is 14.7. The van der Waals surface area contributed by atoms with E-state index in [0.717, 1.165) is 11.3 Å². The van der Waals surface area contributed by atoms with Gasteiger partial charge in [0.2, 0.25) is 0 Å². The first kappa shape index (κ1) is 14.3. The van der Waals surface area contributed by atoms with E-state index in [4.69, 9.17) is 0 Å². The van der Waals surface area contributed by atoms with E-state index in [9.17, 15) is 4.79 Å². The van der Waals surface area contributed by atoms with E-state index in [1.165, 1.54) is 5.56 Å². The number of nitrogens with zero attached hydrogens (tertiary/aromatic N) is 2. The Balaban J connectivity index is 2.20. The molecule has 0 aliphatic carbocycles. The number of aromatic nitrogens is 1. The van der Waals surface area contributed by atoms with Gasteiger partial charge in [-0.15, -0.1) is 0 Å². The normalized spacial score (nSPS) is 12.0. The summed E-state index contributed by atoms with van der Waals surface area (Å²) in [6.45, 7) is 5.97. The van der Waals surface area contributed by atoms with E-state index < -0.39 is 0 Å². The minimum Gasteiger partial charge on any atom is -0.334 e. The monoisotopic (exact) mass is 268 g/mol. The highest BCUT2D eigenvalue weighted by molar-refractivity contribution is 5.92. The second kappa shape index (κ2) is 5.87. The molecular weight excluding hydrogens is 248 g/mol. The maximum Gasteiger partial charge on any atom is 0.272 e. The molecule has 0 fully saturated rings. The third-order valence-electron chi connectivity index (χ3n) is 3.57. The predicted octanol–water partition coefficient (Wildman–Crippen LogP) is 3.53. The molecule has 2 aromatic rings. The predicted molar refractivity (Wildman–Crippen MR) is 80.7 cm³/mol. The van der Waals surface area contributed by atoms with Crippen molar-refractivity contribution in [3.8, 4) is 0 Å². The van der Waals surface area contributed by atoms with E-state index in [0.29, 0.717) is 5.69 Å². The maximum absolute atomic E-state index is 12.4. The van der Waals surface area contributed by atoms with Gasteiger partial charge in [0.1, 0.15) is 5.69 Å². The summed E-state index contributed by atoms with van der Waals surface area (Å²) in [6.07, 6.45) is 0. The van der Waals surface area contributed by atoms with Crippen LogP contribution in [0.1, 0.15) is 40.3 Å². The minimum atomic E-state index is -0.0539. The number of amides is 1. The van der Waals surface area contributed by atoms with Gasteiger partial charge in [0.15, 0.2) is 0 Å². The first-order valence-corrected chi connectivity index (χ1v) is 6.76. The Bertz CT molecular complexity index is 605. The topological polar surface area (TPSA) is 33.2 Å². The first-order chi connectivity index (χ1) is 9.49. The van der Waals surface area contributed by atoms with Crippen molar-refractivity contribution < 1.29 is 4.79 Å². The lowest BCUT2D eigenvalue weighted by Gasteiger charge is -2.25. The molecule has 1 heterocycles. The van der Waals surface area contributed by atoms with Gasteiger partial charge in [0, 0.05) is 12.7 Å². The summed E-state index contributed by atoms with van der Waals surface area (Å²) in [5, 5.41) is 0. The fourth-order valence-corrected chi connectivity index (χ4v) is 2.09. The molecule has 20 heavy (non-hydrogen) atoms. The lowest BCUT2D eigenvalue weighted by Crippen LogP contribution is -2.30. The highest BCUT2D eigenvalue weighted by atomic mass is 16.2. The Kier molecular flexibility index (Phi) is 4.18. The fraction of sp³-hybridized carbons (Fsp3) is 0.294. The number of benzene rings is 1. The van der Waals surface area contributed by atoms with Crippen LogP contribution in [0.15, 0.2) is 42.5 Å². The molecule has 2 rings (SSSR count). The average molecular weight is 268 g/mol. The summed E-state index contributed by atoms with van der Waals surface area (Å²) in [4.78, 5) is 18.5. The molecule has 1 atom stereocenters. The molecule has 3 heteroatoms. The maximum atomic E-state index is 12.4. The molecule has 1 amide bonds. The molecule has 0 aliphatic heterocycles. The lowest BCUT2D eigenvalue weighted by molar-refractivity contribution is 0.0736. The van der Waals surface area contributed by atoms with Crippen LogP contribution in [0.3, 0.4) is 0 Å². The molecule has 1 unspecified atom stereocenters. The molecule has 0 N–H and O–H groups in total. The van der Waals surface area contributed by atoms with Crippen LogP contribution < -0.4 is 0 Å². The number of aryl methyl sites for hydroxylation is 2. The Morgan fingerprint density at radius 1 is 1.10 bits per heavy atom. The van der Waals surface area contributed by atoms with Crippen molar-refractivity contribution in [2.75, 3.05) is 7.05 Å². The standard InChI is InChI=1S/C17H20N2O/c1-12-8-10-15(11-9-12)14(3)19(4)17(20)16-7-5-6-13(2)18-16/h5-11,14H,1-4H3. The van der Waals surface area contributed by atoms with Crippen molar-refractivity contribution in [3.63, 3.8) is 0 Å². The molecule has 0 aliphatic rings. The van der Waals surface area contributed by atoms with Gasteiger partial charge in [0.05, 0.1) is 6.04 Å². The van der Waals surface area contributed by atoms with Gasteiger partial charge >= 0.3 is 0 Å². The third kappa shape index (κ3) is 3.05. The van der Waals surface area contributed by atoms with Crippen molar-refractivity contribution in [2.45, 2.75) is 26.8 Å². The molecule has 104 valence electrons. The van der Waals surface area contributed by atoms with Crippen LogP contribution in [0.25, 0.3) is 0 Å². The van der Waals surface area contributed by atoms with E-state index in [-0.39, 0.29) is 11.9 Å². The number of hydrogen-bond donors (Lipinski definition) is 0. The van der Waals surface area contributed by atoms with Crippen molar-refractivity contribution in [3.05, 3.63) is 65.0 Å². The number of rotatable bonds is 3. The quantitative estimate of drug-likeness (QED) is 0.853. The summed E-state index contributed by atoms with van der Waals surface area (Å²) in [5.74, 6) is -0.0539. The van der Waals surface area contributed by atoms with Crippen LogP contribution >= 0.6 is 0 Å². The van der Waals surface area contributed by atoms with Crippen LogP contribution in [0, 0.1) is 13.8 Å². The summed E-state index contributed by atoms with van der Waals surface area (Å²) < 4.78 is 0. The van der Waals surface area contributed by atoms with Gasteiger partial charge in [-0.2, -0.15) is 0 Å². The molecule has 0 saturated heterocycles. The Morgan fingerprint density at radius 2 is 1.75 bits per heavy atom. The van der Waals surface area contributed by atoms with Crippen LogP contribution in [-0.4, -0.2) is 22.8 Å². The molecule has 1 aromatic carbocycles. The Hall–Kier alpha value is -2.16. The summed E-state index contributed by atoms with van der Waals surface area (Å²) in [5.41, 5.74) is 3.69. The van der Waals surface area contributed by atoms with Gasteiger partial charge in [-0.1, -0.05) is 35.9 Å². The Morgan fingerprint density at radius 3 is 2.35 bits per heavy atom. The SMILES string of the molecule is Cc1ccc(C(C)N(C)C(=O)c2cccc(C)n2)cc1. The van der Waals surface area contributed by atoms with Gasteiger partial charge in [-0.3, -0.25) is 4.79 Å². The minimum absolute atomic E-state index is 0.0189. The van der Waals surface area contributed by atoms with Crippen molar-refractivity contribution >= 4 is 5.91 Å². The zero-order valence-corrected chi connectivity index (χ0v) is 12.4. The number of hydrogen-bond acceptors (Lipinski definition) is 2. The van der Waals surface area contributed by atoms with E-state index in [1.807, 2.05) is 33.0 Å². The van der Waals surface area contributed by atoms with Gasteiger partial charge < -0.3 is 4.90 Å². The second-order valence-corrected chi connectivity index (χ2v) is 5.17. The molecule has 0 radical (unpaired) electrons. The van der Waals surface area contributed by atoms with E-state index in [1.54, 1.807) is 11.0 Å². The van der Waals surface area contributed by atoms with Crippen molar-refractivity contribution in [1.82, 2.24) is 9.88 Å². The summed E-state index contributed by atoms with van der Waals surface area (Å²) in [6, 6.07) is 13.8. The Labute approximate surface area is 120 Å². The number of carbonyl (C=O) groups excluding carboxylic acids is 1. The highest BCUT2D eigenvalue weighted by Crippen LogP contribution is 2.20. The lowest BCUT2D eigenvalue weighted by atomic mass is 10.1. The summed E-state index contributed by atoms with van der Waals surface area (Å²) >= 11 is 0. The third-order valence-corrected chi connectivity index (χ3v) is 3.57. The van der Waals surface area contributed by atoms with Crippen LogP contribution in [-0.2, 0) is 0 Å². The molecule has 1 aromatic heterocycles. The highest BCUT2D eigenvalue weighted by Gasteiger charge is 2.19. The van der Waals surface area contributed by atoms with Crippen molar-refractivity contribution in [1.29, 1.82) is 0 Å². The van der Waals surface area contributed by atoms with E-state index >= 15 is 0 Å². The summed E-state index contributed by atoms with van der Waals surface area (Å²) in [7, 11) is 1.82. The zero-order valence-electron chi connectivity index (χ0n) is 12.4. The largest absolute Gasteiger partial charge is 0.334 e. The van der Waals surface area contributed by atoms with Crippen LogP contribution in [0.2, 0.25) is 0 Å². The van der Waals surface area contributed by atoms with Crippen LogP contribution in [0.5, 0.6) is 0 Å². The average Bonchev–Trinajstić information content (AvgIpc) is 2.46.